The molecule has 5 nitrogen and oxygen atoms in total. The Bertz CT molecular complexity index is 629. The van der Waals surface area contributed by atoms with Crippen LogP contribution in [0.1, 0.15) is 11.1 Å². The summed E-state index contributed by atoms with van der Waals surface area (Å²) >= 11 is 1.70. The third-order valence-electron chi connectivity index (χ3n) is 3.38. The molecule has 0 atom stereocenters. The van der Waals surface area contributed by atoms with E-state index in [1.807, 2.05) is 24.5 Å². The molecule has 2 amide bonds. The van der Waals surface area contributed by atoms with E-state index in [4.69, 9.17) is 4.74 Å². The van der Waals surface area contributed by atoms with E-state index < -0.39 is 0 Å². The minimum absolute atomic E-state index is 0.116. The number of nitrogens with one attached hydrogen (secondary N) is 1. The SMILES string of the molecule is COc1ccc(CNC(=O)N(C)Cc2ccc(SC)cc2)cn1. The molecule has 6 heteroatoms. The number of amides is 2. The highest BCUT2D eigenvalue weighted by Gasteiger charge is 2.09. The Balaban J connectivity index is 1.83. The lowest BCUT2D eigenvalue weighted by Crippen LogP contribution is -2.36. The number of urea groups is 1. The van der Waals surface area contributed by atoms with Gasteiger partial charge in [0.05, 0.1) is 7.11 Å². The summed E-state index contributed by atoms with van der Waals surface area (Å²) in [6.45, 7) is 1.01. The van der Waals surface area contributed by atoms with Gasteiger partial charge in [0.15, 0.2) is 0 Å². The Hall–Kier alpha value is -2.21. The Labute approximate surface area is 141 Å². The summed E-state index contributed by atoms with van der Waals surface area (Å²) < 4.78 is 5.01. The van der Waals surface area contributed by atoms with Crippen molar-refractivity contribution in [2.75, 3.05) is 20.4 Å². The molecule has 2 aromatic rings. The maximum atomic E-state index is 12.1. The van der Waals surface area contributed by atoms with Crippen LogP contribution in [0.15, 0.2) is 47.5 Å². The second-order valence-corrected chi connectivity index (χ2v) is 5.95. The lowest BCUT2D eigenvalue weighted by Gasteiger charge is -2.18. The van der Waals surface area contributed by atoms with Gasteiger partial charge in [0.25, 0.3) is 0 Å². The molecule has 0 saturated heterocycles. The van der Waals surface area contributed by atoms with Gasteiger partial charge in [-0.2, -0.15) is 0 Å². The fourth-order valence-electron chi connectivity index (χ4n) is 2.03. The predicted molar refractivity (Wildman–Crippen MR) is 92.7 cm³/mol. The molecule has 0 unspecified atom stereocenters. The lowest BCUT2D eigenvalue weighted by atomic mass is 10.2. The summed E-state index contributed by atoms with van der Waals surface area (Å²) in [5.74, 6) is 0.561. The summed E-state index contributed by atoms with van der Waals surface area (Å²) in [5, 5.41) is 2.88. The first kappa shape index (κ1) is 17.1. The van der Waals surface area contributed by atoms with Gasteiger partial charge in [-0.3, -0.25) is 0 Å². The zero-order valence-electron chi connectivity index (χ0n) is 13.6. The molecule has 0 saturated carbocycles. The van der Waals surface area contributed by atoms with Crippen molar-refractivity contribution in [1.29, 1.82) is 0 Å². The fraction of sp³-hybridized carbons (Fsp3) is 0.294. The smallest absolute Gasteiger partial charge is 0.317 e. The highest BCUT2D eigenvalue weighted by molar-refractivity contribution is 7.98. The fourth-order valence-corrected chi connectivity index (χ4v) is 2.43. The summed E-state index contributed by atoms with van der Waals surface area (Å²) in [6.07, 6.45) is 3.74. The van der Waals surface area contributed by atoms with Crippen LogP contribution in [0.2, 0.25) is 0 Å². The first-order chi connectivity index (χ1) is 11.1. The van der Waals surface area contributed by atoms with Crippen LogP contribution >= 0.6 is 11.8 Å². The van der Waals surface area contributed by atoms with Crippen molar-refractivity contribution in [2.45, 2.75) is 18.0 Å². The molecule has 1 aromatic heterocycles. The van der Waals surface area contributed by atoms with Crippen molar-refractivity contribution in [3.8, 4) is 5.88 Å². The zero-order chi connectivity index (χ0) is 16.7. The second-order valence-electron chi connectivity index (χ2n) is 5.07. The van der Waals surface area contributed by atoms with Crippen molar-refractivity contribution in [1.82, 2.24) is 15.2 Å². The number of aromatic nitrogens is 1. The van der Waals surface area contributed by atoms with Gasteiger partial charge in [0.1, 0.15) is 0 Å². The number of methoxy groups -OCH3 is 1. The molecule has 0 aliphatic carbocycles. The molecular weight excluding hydrogens is 310 g/mol. The minimum Gasteiger partial charge on any atom is -0.481 e. The summed E-state index contributed by atoms with van der Waals surface area (Å²) in [5.41, 5.74) is 2.03. The van der Waals surface area contributed by atoms with Crippen LogP contribution < -0.4 is 10.1 Å². The number of hydrogen-bond donors (Lipinski definition) is 1. The molecule has 0 aliphatic rings. The number of pyridine rings is 1. The molecule has 122 valence electrons. The number of thioether (sulfide) groups is 1. The van der Waals surface area contributed by atoms with Crippen molar-refractivity contribution >= 4 is 17.8 Å². The van der Waals surface area contributed by atoms with Gasteiger partial charge in [0.2, 0.25) is 5.88 Å². The van der Waals surface area contributed by atoms with E-state index in [2.05, 4.69) is 22.4 Å². The van der Waals surface area contributed by atoms with E-state index in [-0.39, 0.29) is 6.03 Å². The van der Waals surface area contributed by atoms with Crippen LogP contribution in [0.25, 0.3) is 0 Å². The number of nitrogens with zero attached hydrogens (tertiary/aromatic N) is 2. The molecule has 0 aliphatic heterocycles. The summed E-state index contributed by atoms with van der Waals surface area (Å²) in [7, 11) is 3.36. The average molecular weight is 331 g/mol. The van der Waals surface area contributed by atoms with Crippen molar-refractivity contribution in [2.24, 2.45) is 0 Å². The molecule has 1 N–H and O–H groups in total. The molecule has 0 fully saturated rings. The van der Waals surface area contributed by atoms with E-state index >= 15 is 0 Å². The molecule has 23 heavy (non-hydrogen) atoms. The van der Waals surface area contributed by atoms with E-state index in [1.54, 1.807) is 43.1 Å². The van der Waals surface area contributed by atoms with Crippen LogP contribution in [0, 0.1) is 0 Å². The predicted octanol–water partition coefficient (Wildman–Crippen LogP) is 3.15. The molecule has 2 rings (SSSR count). The Morgan fingerprint density at radius 2 is 1.91 bits per heavy atom. The highest BCUT2D eigenvalue weighted by Crippen LogP contribution is 2.15. The number of ether oxygens (including phenoxy) is 1. The van der Waals surface area contributed by atoms with Crippen molar-refractivity contribution < 1.29 is 9.53 Å². The molecule has 1 aromatic carbocycles. The van der Waals surface area contributed by atoms with Gasteiger partial charge < -0.3 is 15.0 Å². The van der Waals surface area contributed by atoms with E-state index in [9.17, 15) is 4.79 Å². The van der Waals surface area contributed by atoms with Crippen LogP contribution in [0.3, 0.4) is 0 Å². The van der Waals surface area contributed by atoms with E-state index in [1.165, 1.54) is 4.90 Å². The van der Waals surface area contributed by atoms with Gasteiger partial charge in [-0.15, -0.1) is 11.8 Å². The van der Waals surface area contributed by atoms with Crippen molar-refractivity contribution in [3.63, 3.8) is 0 Å². The molecule has 0 radical (unpaired) electrons. The maximum absolute atomic E-state index is 12.1. The van der Waals surface area contributed by atoms with Crippen LogP contribution in [0.5, 0.6) is 5.88 Å². The van der Waals surface area contributed by atoms with Gasteiger partial charge in [-0.1, -0.05) is 18.2 Å². The van der Waals surface area contributed by atoms with Crippen LogP contribution in [-0.2, 0) is 13.1 Å². The van der Waals surface area contributed by atoms with Crippen LogP contribution in [-0.4, -0.2) is 36.3 Å². The maximum Gasteiger partial charge on any atom is 0.317 e. The lowest BCUT2D eigenvalue weighted by molar-refractivity contribution is 0.206. The average Bonchev–Trinajstić information content (AvgIpc) is 2.60. The molecule has 1 heterocycles. The van der Waals surface area contributed by atoms with Gasteiger partial charge in [0, 0.05) is 37.3 Å². The van der Waals surface area contributed by atoms with Gasteiger partial charge in [-0.05, 0) is 29.5 Å². The van der Waals surface area contributed by atoms with Gasteiger partial charge >= 0.3 is 6.03 Å². The standard InChI is InChI=1S/C17H21N3O2S/c1-20(12-13-4-7-15(23-3)8-5-13)17(21)19-11-14-6-9-16(22-2)18-10-14/h4-10H,11-12H2,1-3H3,(H,19,21). The largest absolute Gasteiger partial charge is 0.481 e. The Morgan fingerprint density at radius 3 is 2.48 bits per heavy atom. The number of rotatable bonds is 6. The number of hydrogen-bond acceptors (Lipinski definition) is 4. The van der Waals surface area contributed by atoms with E-state index in [0.29, 0.717) is 19.0 Å². The first-order valence-corrected chi connectivity index (χ1v) is 8.45. The summed E-state index contributed by atoms with van der Waals surface area (Å²) in [6, 6.07) is 11.8. The summed E-state index contributed by atoms with van der Waals surface area (Å²) in [4.78, 5) is 19.1. The topological polar surface area (TPSA) is 54.5 Å². The number of carbonyl (C=O) groups excluding carboxylic acids is 1. The van der Waals surface area contributed by atoms with E-state index in [0.717, 1.165) is 11.1 Å². The third kappa shape index (κ3) is 5.17. The second kappa shape index (κ2) is 8.43. The Morgan fingerprint density at radius 1 is 1.22 bits per heavy atom. The third-order valence-corrected chi connectivity index (χ3v) is 4.12. The molecular formula is C17H21N3O2S. The Kier molecular flexibility index (Phi) is 6.29. The zero-order valence-corrected chi connectivity index (χ0v) is 14.4. The number of carbonyl (C=O) groups is 1. The van der Waals surface area contributed by atoms with Crippen LogP contribution in [0.4, 0.5) is 4.79 Å². The normalized spacial score (nSPS) is 10.2. The van der Waals surface area contributed by atoms with Gasteiger partial charge in [-0.25, -0.2) is 9.78 Å². The molecule has 0 bridgehead atoms. The minimum atomic E-state index is -0.116. The quantitative estimate of drug-likeness (QED) is 0.826. The molecule has 0 spiro atoms. The number of benzene rings is 1. The monoisotopic (exact) mass is 331 g/mol. The van der Waals surface area contributed by atoms with Crippen molar-refractivity contribution in [3.05, 3.63) is 53.7 Å². The first-order valence-electron chi connectivity index (χ1n) is 7.23. The highest BCUT2D eigenvalue weighted by atomic mass is 32.2.